The molecule has 0 fully saturated rings. The molecule has 1 aromatic carbocycles. The lowest BCUT2D eigenvalue weighted by atomic mass is 9.82. The van der Waals surface area contributed by atoms with Crippen molar-refractivity contribution < 1.29 is 14.3 Å². The Bertz CT molecular complexity index is 940. The van der Waals surface area contributed by atoms with Crippen LogP contribution in [-0.2, 0) is 14.3 Å². The smallest absolute Gasteiger partial charge is 0.336 e. The third kappa shape index (κ3) is 4.29. The van der Waals surface area contributed by atoms with Crippen molar-refractivity contribution in [3.8, 4) is 0 Å². The fraction of sp³-hybridized carbons (Fsp3) is 0.190. The van der Waals surface area contributed by atoms with E-state index < -0.39 is 11.9 Å². The molecule has 0 spiro atoms. The van der Waals surface area contributed by atoms with Crippen LogP contribution in [0.15, 0.2) is 75.6 Å². The molecule has 1 unspecified atom stereocenters. The minimum absolute atomic E-state index is 0.249. The second-order valence-corrected chi connectivity index (χ2v) is 7.51. The highest BCUT2D eigenvalue weighted by atomic mass is 35.5. The Morgan fingerprint density at radius 2 is 2.04 bits per heavy atom. The van der Waals surface area contributed by atoms with Crippen molar-refractivity contribution in [3.63, 3.8) is 0 Å². The van der Waals surface area contributed by atoms with Crippen LogP contribution in [-0.4, -0.2) is 23.8 Å². The summed E-state index contributed by atoms with van der Waals surface area (Å²) in [7, 11) is 0. The lowest BCUT2D eigenvalue weighted by Crippen LogP contribution is -2.29. The second kappa shape index (κ2) is 9.08. The van der Waals surface area contributed by atoms with Crippen LogP contribution in [0.3, 0.4) is 0 Å². The summed E-state index contributed by atoms with van der Waals surface area (Å²) in [6.45, 7) is 3.80. The Morgan fingerprint density at radius 3 is 2.64 bits per heavy atom. The highest BCUT2D eigenvalue weighted by Crippen LogP contribution is 2.41. The van der Waals surface area contributed by atoms with Gasteiger partial charge in [0.05, 0.1) is 17.2 Å². The van der Waals surface area contributed by atoms with Crippen LogP contribution in [0.1, 0.15) is 25.3 Å². The SMILES string of the molecule is CCOC(=O)C1=C(C)NC(Sc2ccccn2)=C(C=O)C1c1ccc(Cl)cc1. The number of aldehydes is 1. The first-order valence-electron chi connectivity index (χ1n) is 8.73. The van der Waals surface area contributed by atoms with Gasteiger partial charge in [-0.1, -0.05) is 41.6 Å². The number of dihydropyridines is 1. The van der Waals surface area contributed by atoms with E-state index in [9.17, 15) is 9.59 Å². The molecule has 144 valence electrons. The molecule has 2 heterocycles. The first-order valence-corrected chi connectivity index (χ1v) is 9.93. The van der Waals surface area contributed by atoms with Gasteiger partial charge in [-0.05, 0) is 43.7 Å². The molecule has 0 saturated heterocycles. The topological polar surface area (TPSA) is 68.3 Å². The van der Waals surface area contributed by atoms with Crippen LogP contribution in [0.4, 0.5) is 0 Å². The third-order valence-electron chi connectivity index (χ3n) is 4.24. The molecule has 0 bridgehead atoms. The molecule has 0 radical (unpaired) electrons. The fourth-order valence-electron chi connectivity index (χ4n) is 3.01. The molecule has 2 aromatic rings. The summed E-state index contributed by atoms with van der Waals surface area (Å²) >= 11 is 7.37. The van der Waals surface area contributed by atoms with Crippen molar-refractivity contribution in [1.29, 1.82) is 0 Å². The van der Waals surface area contributed by atoms with E-state index in [0.717, 1.165) is 16.9 Å². The zero-order chi connectivity index (χ0) is 20.1. The standard InChI is InChI=1S/C21H19ClN2O3S/c1-3-27-21(26)18-13(2)24-20(28-17-6-4-5-11-23-17)16(12-25)19(18)14-7-9-15(22)10-8-14/h4-12,19,24H,3H2,1-2H3. The monoisotopic (exact) mass is 414 g/mol. The van der Waals surface area contributed by atoms with Gasteiger partial charge in [-0.3, -0.25) is 4.79 Å². The first-order chi connectivity index (χ1) is 13.5. The minimum atomic E-state index is -0.554. The summed E-state index contributed by atoms with van der Waals surface area (Å²) in [5.41, 5.74) is 2.29. The molecular formula is C21H19ClN2O3S. The molecule has 1 aliphatic rings. The second-order valence-electron chi connectivity index (χ2n) is 6.04. The van der Waals surface area contributed by atoms with E-state index in [0.29, 0.717) is 26.9 Å². The Hall–Kier alpha value is -2.57. The van der Waals surface area contributed by atoms with Gasteiger partial charge in [0.15, 0.2) is 0 Å². The van der Waals surface area contributed by atoms with E-state index in [1.165, 1.54) is 11.8 Å². The molecule has 3 rings (SSSR count). The number of hydrogen-bond donors (Lipinski definition) is 1. The van der Waals surface area contributed by atoms with E-state index in [-0.39, 0.29) is 6.61 Å². The Balaban J connectivity index is 2.11. The highest BCUT2D eigenvalue weighted by molar-refractivity contribution is 8.03. The predicted octanol–water partition coefficient (Wildman–Crippen LogP) is 4.46. The van der Waals surface area contributed by atoms with Gasteiger partial charge in [0.2, 0.25) is 0 Å². The van der Waals surface area contributed by atoms with Gasteiger partial charge in [0, 0.05) is 28.4 Å². The number of allylic oxidation sites excluding steroid dienone is 2. The van der Waals surface area contributed by atoms with Crippen LogP contribution in [0.2, 0.25) is 5.02 Å². The summed E-state index contributed by atoms with van der Waals surface area (Å²) in [4.78, 5) is 29.1. The number of hydrogen-bond acceptors (Lipinski definition) is 6. The summed E-state index contributed by atoms with van der Waals surface area (Å²) in [6.07, 6.45) is 2.47. The number of nitrogens with zero attached hydrogens (tertiary/aromatic N) is 1. The van der Waals surface area contributed by atoms with Gasteiger partial charge in [-0.25, -0.2) is 9.78 Å². The van der Waals surface area contributed by atoms with Crippen molar-refractivity contribution in [3.05, 3.63) is 81.1 Å². The Morgan fingerprint density at radius 1 is 1.29 bits per heavy atom. The molecule has 1 atom stereocenters. The summed E-state index contributed by atoms with van der Waals surface area (Å²) in [5.74, 6) is -1.00. The number of ether oxygens (including phenoxy) is 1. The van der Waals surface area contributed by atoms with Gasteiger partial charge in [-0.2, -0.15) is 0 Å². The summed E-state index contributed by atoms with van der Waals surface area (Å²) < 4.78 is 5.25. The number of rotatable bonds is 6. The van der Waals surface area contributed by atoms with Crippen molar-refractivity contribution in [2.45, 2.75) is 24.8 Å². The zero-order valence-electron chi connectivity index (χ0n) is 15.4. The minimum Gasteiger partial charge on any atom is -0.463 e. The number of aromatic nitrogens is 1. The zero-order valence-corrected chi connectivity index (χ0v) is 17.0. The molecule has 1 aliphatic heterocycles. The fourth-order valence-corrected chi connectivity index (χ4v) is 4.10. The van der Waals surface area contributed by atoms with E-state index >= 15 is 0 Å². The average Bonchev–Trinajstić information content (AvgIpc) is 2.69. The molecule has 7 heteroatoms. The molecule has 1 aromatic heterocycles. The lowest BCUT2D eigenvalue weighted by molar-refractivity contribution is -0.138. The number of carbonyl (C=O) groups is 2. The molecular weight excluding hydrogens is 396 g/mol. The maximum Gasteiger partial charge on any atom is 0.336 e. The number of carbonyl (C=O) groups excluding carboxylic acids is 2. The van der Waals surface area contributed by atoms with Crippen LogP contribution in [0.5, 0.6) is 0 Å². The van der Waals surface area contributed by atoms with Crippen LogP contribution >= 0.6 is 23.4 Å². The normalized spacial score (nSPS) is 16.6. The van der Waals surface area contributed by atoms with Gasteiger partial charge >= 0.3 is 5.97 Å². The number of halogens is 1. The van der Waals surface area contributed by atoms with Gasteiger partial charge in [0.25, 0.3) is 0 Å². The van der Waals surface area contributed by atoms with Gasteiger partial charge in [-0.15, -0.1) is 0 Å². The highest BCUT2D eigenvalue weighted by Gasteiger charge is 2.35. The average molecular weight is 415 g/mol. The van der Waals surface area contributed by atoms with Crippen LogP contribution in [0.25, 0.3) is 0 Å². The number of esters is 1. The van der Waals surface area contributed by atoms with Crippen LogP contribution < -0.4 is 5.32 Å². The lowest BCUT2D eigenvalue weighted by Gasteiger charge is -2.30. The van der Waals surface area contributed by atoms with E-state index in [1.807, 2.05) is 30.3 Å². The van der Waals surface area contributed by atoms with Crippen molar-refractivity contribution >= 4 is 35.6 Å². The first kappa shape index (κ1) is 20.2. The summed E-state index contributed by atoms with van der Waals surface area (Å²) in [6, 6.07) is 12.7. The largest absolute Gasteiger partial charge is 0.463 e. The quantitative estimate of drug-likeness (QED) is 0.556. The van der Waals surface area contributed by atoms with E-state index in [4.69, 9.17) is 16.3 Å². The molecule has 0 aliphatic carbocycles. The summed E-state index contributed by atoms with van der Waals surface area (Å²) in [5, 5.41) is 5.15. The van der Waals surface area contributed by atoms with Crippen molar-refractivity contribution in [2.24, 2.45) is 0 Å². The van der Waals surface area contributed by atoms with E-state index in [2.05, 4.69) is 10.3 Å². The van der Waals surface area contributed by atoms with Gasteiger partial charge in [0.1, 0.15) is 11.3 Å². The molecule has 5 nitrogen and oxygen atoms in total. The van der Waals surface area contributed by atoms with Gasteiger partial charge < -0.3 is 10.1 Å². The van der Waals surface area contributed by atoms with Crippen molar-refractivity contribution in [1.82, 2.24) is 10.3 Å². The molecule has 0 amide bonds. The maximum absolute atomic E-state index is 12.7. The van der Waals surface area contributed by atoms with E-state index in [1.54, 1.807) is 32.2 Å². The number of benzene rings is 1. The van der Waals surface area contributed by atoms with Crippen LogP contribution in [0, 0.1) is 0 Å². The molecule has 28 heavy (non-hydrogen) atoms. The molecule has 1 N–H and O–H groups in total. The molecule has 0 saturated carbocycles. The Labute approximate surface area is 172 Å². The number of nitrogens with one attached hydrogen (secondary N) is 1. The predicted molar refractivity (Wildman–Crippen MR) is 110 cm³/mol. The third-order valence-corrected chi connectivity index (χ3v) is 5.48. The van der Waals surface area contributed by atoms with Crippen molar-refractivity contribution in [2.75, 3.05) is 6.61 Å². The maximum atomic E-state index is 12.7. The number of pyridine rings is 1. The number of thioether (sulfide) groups is 1. The Kier molecular flexibility index (Phi) is 6.54.